The van der Waals surface area contributed by atoms with Crippen LogP contribution < -0.4 is 25.4 Å². The lowest BCUT2D eigenvalue weighted by Gasteiger charge is -2.28. The summed E-state index contributed by atoms with van der Waals surface area (Å²) in [5.74, 6) is 1.69. The Hall–Kier alpha value is -4.04. The minimum atomic E-state index is -0.216. The largest absolute Gasteiger partial charge is 0.492 e. The zero-order valence-corrected chi connectivity index (χ0v) is 20.2. The molecule has 0 spiro atoms. The van der Waals surface area contributed by atoms with Gasteiger partial charge in [-0.2, -0.15) is 0 Å². The molecule has 0 aromatic heterocycles. The van der Waals surface area contributed by atoms with Gasteiger partial charge < -0.3 is 30.3 Å². The van der Waals surface area contributed by atoms with E-state index in [1.165, 1.54) is 0 Å². The summed E-state index contributed by atoms with van der Waals surface area (Å²) in [7, 11) is 0. The highest BCUT2D eigenvalue weighted by molar-refractivity contribution is 5.87. The van der Waals surface area contributed by atoms with E-state index < -0.39 is 0 Å². The Morgan fingerprint density at radius 2 is 1.58 bits per heavy atom. The van der Waals surface area contributed by atoms with Crippen molar-refractivity contribution in [3.05, 3.63) is 84.9 Å². The number of nitrogens with one attached hydrogen (secondary N) is 1. The molecule has 1 unspecified atom stereocenters. The molecular weight excluding hydrogens is 456 g/mol. The number of nitrogens with zero attached hydrogens (tertiary/aromatic N) is 2. The van der Waals surface area contributed by atoms with Crippen LogP contribution in [0.2, 0.25) is 0 Å². The number of ether oxygens (including phenoxy) is 2. The number of rotatable bonds is 11. The lowest BCUT2D eigenvalue weighted by molar-refractivity contribution is -0.128. The van der Waals surface area contributed by atoms with Crippen LogP contribution >= 0.6 is 0 Å². The first-order valence-corrected chi connectivity index (χ1v) is 12.1. The molecule has 3 aromatic rings. The summed E-state index contributed by atoms with van der Waals surface area (Å²) in [5, 5.41) is 2.88. The standard InChI is InChI=1S/C28H32N4O4/c29-22-15-17-31(19-22)28(34)21-32(20-27(33)30-16-18-35-23-9-3-1-4-10-23)25-13-7-8-14-26(25)36-24-11-5-2-6-12-24/h1-14,22H,15-21,29H2,(H,30,33). The zero-order valence-electron chi connectivity index (χ0n) is 20.2. The van der Waals surface area contributed by atoms with Crippen LogP contribution in [0.1, 0.15) is 6.42 Å². The van der Waals surface area contributed by atoms with Gasteiger partial charge in [-0.25, -0.2) is 0 Å². The van der Waals surface area contributed by atoms with Crippen molar-refractivity contribution >= 4 is 17.5 Å². The summed E-state index contributed by atoms with van der Waals surface area (Å²) >= 11 is 0. The van der Waals surface area contributed by atoms with Gasteiger partial charge in [-0.3, -0.25) is 9.59 Å². The molecule has 1 aliphatic rings. The van der Waals surface area contributed by atoms with Crippen molar-refractivity contribution in [1.29, 1.82) is 0 Å². The third-order valence-electron chi connectivity index (χ3n) is 5.85. The van der Waals surface area contributed by atoms with E-state index in [1.807, 2.05) is 84.9 Å². The normalized spacial score (nSPS) is 14.8. The minimum absolute atomic E-state index is 0.00780. The van der Waals surface area contributed by atoms with Crippen molar-refractivity contribution in [1.82, 2.24) is 10.2 Å². The van der Waals surface area contributed by atoms with E-state index >= 15 is 0 Å². The molecule has 1 atom stereocenters. The van der Waals surface area contributed by atoms with Crippen LogP contribution in [0.3, 0.4) is 0 Å². The van der Waals surface area contributed by atoms with Crippen LogP contribution in [-0.4, -0.2) is 62.1 Å². The first kappa shape index (κ1) is 25.1. The van der Waals surface area contributed by atoms with Gasteiger partial charge in [0.15, 0.2) is 5.75 Å². The molecule has 3 N–H and O–H groups in total. The first-order chi connectivity index (χ1) is 17.6. The molecule has 4 rings (SSSR count). The highest BCUT2D eigenvalue weighted by atomic mass is 16.5. The second-order valence-corrected chi connectivity index (χ2v) is 8.64. The van der Waals surface area contributed by atoms with Crippen molar-refractivity contribution in [3.63, 3.8) is 0 Å². The molecule has 0 saturated carbocycles. The maximum atomic E-state index is 13.1. The number of carbonyl (C=O) groups excluding carboxylic acids is 2. The Morgan fingerprint density at radius 3 is 2.28 bits per heavy atom. The fourth-order valence-corrected chi connectivity index (χ4v) is 4.03. The van der Waals surface area contributed by atoms with E-state index in [0.29, 0.717) is 43.4 Å². The summed E-state index contributed by atoms with van der Waals surface area (Å²) < 4.78 is 11.8. The molecule has 188 valence electrons. The number of hydrogen-bond donors (Lipinski definition) is 2. The Bertz CT molecular complexity index is 1130. The average Bonchev–Trinajstić information content (AvgIpc) is 3.34. The number of carbonyl (C=O) groups is 2. The number of benzene rings is 3. The summed E-state index contributed by atoms with van der Waals surface area (Å²) in [6.07, 6.45) is 0.779. The van der Waals surface area contributed by atoms with Crippen LogP contribution in [0.25, 0.3) is 0 Å². The van der Waals surface area contributed by atoms with Crippen molar-refractivity contribution in [2.45, 2.75) is 12.5 Å². The summed E-state index contributed by atoms with van der Waals surface area (Å²) in [4.78, 5) is 29.4. The van der Waals surface area contributed by atoms with Crippen LogP contribution in [0.4, 0.5) is 5.69 Å². The van der Waals surface area contributed by atoms with E-state index in [2.05, 4.69) is 5.32 Å². The van der Waals surface area contributed by atoms with Crippen molar-refractivity contribution < 1.29 is 19.1 Å². The maximum absolute atomic E-state index is 13.1. The highest BCUT2D eigenvalue weighted by Crippen LogP contribution is 2.32. The number of para-hydroxylation sites is 4. The number of likely N-dealkylation sites (tertiary alicyclic amines) is 1. The van der Waals surface area contributed by atoms with Gasteiger partial charge in [0, 0.05) is 19.1 Å². The molecule has 3 aromatic carbocycles. The van der Waals surface area contributed by atoms with E-state index in [9.17, 15) is 9.59 Å². The summed E-state index contributed by atoms with van der Waals surface area (Å²) in [5.41, 5.74) is 6.66. The number of amides is 2. The van der Waals surface area contributed by atoms with Gasteiger partial charge in [0.25, 0.3) is 0 Å². The van der Waals surface area contributed by atoms with Crippen LogP contribution in [-0.2, 0) is 9.59 Å². The topological polar surface area (TPSA) is 97.1 Å². The molecule has 2 amide bonds. The van der Waals surface area contributed by atoms with Gasteiger partial charge in [0.05, 0.1) is 25.3 Å². The Balaban J connectivity index is 1.44. The molecule has 8 heteroatoms. The molecule has 1 fully saturated rings. The van der Waals surface area contributed by atoms with Gasteiger partial charge in [-0.05, 0) is 42.8 Å². The monoisotopic (exact) mass is 488 g/mol. The molecular formula is C28H32N4O4. The third kappa shape index (κ3) is 7.23. The average molecular weight is 489 g/mol. The van der Waals surface area contributed by atoms with Crippen molar-refractivity contribution in [2.24, 2.45) is 5.73 Å². The van der Waals surface area contributed by atoms with E-state index in [1.54, 1.807) is 9.80 Å². The predicted molar refractivity (Wildman–Crippen MR) is 139 cm³/mol. The van der Waals surface area contributed by atoms with Crippen LogP contribution in [0.5, 0.6) is 17.2 Å². The summed E-state index contributed by atoms with van der Waals surface area (Å²) in [6.45, 7) is 1.87. The smallest absolute Gasteiger partial charge is 0.242 e. The Labute approximate surface area is 211 Å². The number of anilines is 1. The number of nitrogens with two attached hydrogens (primary N) is 1. The molecule has 1 aliphatic heterocycles. The van der Waals surface area contributed by atoms with E-state index in [0.717, 1.165) is 12.2 Å². The predicted octanol–water partition coefficient (Wildman–Crippen LogP) is 3.04. The van der Waals surface area contributed by atoms with Crippen LogP contribution in [0, 0.1) is 0 Å². The zero-order chi connectivity index (χ0) is 25.2. The van der Waals surface area contributed by atoms with Crippen molar-refractivity contribution in [2.75, 3.05) is 44.2 Å². The fraction of sp³-hybridized carbons (Fsp3) is 0.286. The van der Waals surface area contributed by atoms with Gasteiger partial charge in [0.1, 0.15) is 18.1 Å². The lowest BCUT2D eigenvalue weighted by Crippen LogP contribution is -2.45. The number of hydrogen-bond acceptors (Lipinski definition) is 6. The van der Waals surface area contributed by atoms with Crippen LogP contribution in [0.15, 0.2) is 84.9 Å². The molecule has 8 nitrogen and oxygen atoms in total. The van der Waals surface area contributed by atoms with Gasteiger partial charge in [0.2, 0.25) is 11.8 Å². The second-order valence-electron chi connectivity index (χ2n) is 8.64. The SMILES string of the molecule is NC1CCN(C(=O)CN(CC(=O)NCCOc2ccccc2)c2ccccc2Oc2ccccc2)C1. The third-order valence-corrected chi connectivity index (χ3v) is 5.85. The molecule has 1 saturated heterocycles. The second kappa shape index (κ2) is 12.6. The minimum Gasteiger partial charge on any atom is -0.492 e. The van der Waals surface area contributed by atoms with Crippen molar-refractivity contribution in [3.8, 4) is 17.2 Å². The quantitative estimate of drug-likeness (QED) is 0.403. The van der Waals surface area contributed by atoms with Gasteiger partial charge in [-0.15, -0.1) is 0 Å². The fourth-order valence-electron chi connectivity index (χ4n) is 4.03. The highest BCUT2D eigenvalue weighted by Gasteiger charge is 2.27. The molecule has 36 heavy (non-hydrogen) atoms. The van der Waals surface area contributed by atoms with E-state index in [-0.39, 0.29) is 30.9 Å². The molecule has 1 heterocycles. The first-order valence-electron chi connectivity index (χ1n) is 12.1. The summed E-state index contributed by atoms with van der Waals surface area (Å²) in [6, 6.07) is 26.2. The molecule has 0 aliphatic carbocycles. The van der Waals surface area contributed by atoms with E-state index in [4.69, 9.17) is 15.2 Å². The molecule has 0 bridgehead atoms. The Kier molecular flexibility index (Phi) is 8.77. The van der Waals surface area contributed by atoms with Gasteiger partial charge >= 0.3 is 0 Å². The lowest BCUT2D eigenvalue weighted by atomic mass is 10.2. The Morgan fingerprint density at radius 1 is 0.917 bits per heavy atom. The van der Waals surface area contributed by atoms with Gasteiger partial charge in [-0.1, -0.05) is 48.5 Å². The molecule has 0 radical (unpaired) electrons. The maximum Gasteiger partial charge on any atom is 0.242 e.